The van der Waals surface area contributed by atoms with Gasteiger partial charge < -0.3 is 9.73 Å². The molecule has 19 heavy (non-hydrogen) atoms. The van der Waals surface area contributed by atoms with Crippen LogP contribution in [0.4, 0.5) is 0 Å². The van der Waals surface area contributed by atoms with Crippen LogP contribution in [0.15, 0.2) is 10.5 Å². The largest absolute Gasteiger partial charge is 0.466 e. The lowest BCUT2D eigenvalue weighted by Gasteiger charge is -2.53. The summed E-state index contributed by atoms with van der Waals surface area (Å²) in [6, 6.07) is 2.35. The second-order valence-corrected chi connectivity index (χ2v) is 7.22. The molecule has 0 spiro atoms. The maximum atomic E-state index is 6.15. The smallest absolute Gasteiger partial charge is 0.108 e. The fourth-order valence-electron chi connectivity index (χ4n) is 5.47. The molecule has 1 aromatic rings. The van der Waals surface area contributed by atoms with Gasteiger partial charge in [0.15, 0.2) is 0 Å². The second-order valence-electron chi connectivity index (χ2n) is 7.22. The highest BCUT2D eigenvalue weighted by molar-refractivity contribution is 5.25. The van der Waals surface area contributed by atoms with Gasteiger partial charge in [0, 0.05) is 18.0 Å². The van der Waals surface area contributed by atoms with E-state index in [4.69, 9.17) is 4.42 Å². The van der Waals surface area contributed by atoms with Crippen molar-refractivity contribution in [3.8, 4) is 0 Å². The average molecular weight is 259 g/mol. The highest BCUT2D eigenvalue weighted by Crippen LogP contribution is 2.59. The molecule has 4 saturated carbocycles. The Morgan fingerprint density at radius 3 is 2.32 bits per heavy atom. The van der Waals surface area contributed by atoms with Gasteiger partial charge in [-0.1, -0.05) is 0 Å². The van der Waals surface area contributed by atoms with E-state index in [-0.39, 0.29) is 0 Å². The third-order valence-electron chi connectivity index (χ3n) is 5.96. The van der Waals surface area contributed by atoms with Gasteiger partial charge in [0.25, 0.3) is 0 Å². The van der Waals surface area contributed by atoms with Crippen LogP contribution in [-0.4, -0.2) is 7.05 Å². The molecule has 5 rings (SSSR count). The molecule has 2 nitrogen and oxygen atoms in total. The van der Waals surface area contributed by atoms with Gasteiger partial charge in [0.1, 0.15) is 11.5 Å². The molecule has 4 fully saturated rings. The van der Waals surface area contributed by atoms with E-state index in [1.807, 2.05) is 7.05 Å². The fraction of sp³-hybridized carbons (Fsp3) is 0.765. The summed E-state index contributed by atoms with van der Waals surface area (Å²) in [6.45, 7) is 3.05. The third-order valence-corrected chi connectivity index (χ3v) is 5.96. The van der Waals surface area contributed by atoms with Crippen molar-refractivity contribution in [3.05, 3.63) is 23.2 Å². The summed E-state index contributed by atoms with van der Waals surface area (Å²) in [6.07, 6.45) is 7.41. The first-order valence-corrected chi connectivity index (χ1v) is 7.98. The van der Waals surface area contributed by atoms with Gasteiger partial charge >= 0.3 is 0 Å². The van der Waals surface area contributed by atoms with E-state index in [1.54, 1.807) is 0 Å². The molecule has 0 radical (unpaired) electrons. The predicted octanol–water partition coefficient (Wildman–Crippen LogP) is 3.85. The molecule has 0 aromatic carbocycles. The van der Waals surface area contributed by atoms with Crippen LogP contribution in [0.2, 0.25) is 0 Å². The SMILES string of the molecule is CNCc1cc(C2C3CC4CC(C3)CC2C4)oc1C. The molecule has 2 heteroatoms. The van der Waals surface area contributed by atoms with Gasteiger partial charge in [0.05, 0.1) is 0 Å². The highest BCUT2D eigenvalue weighted by Gasteiger charge is 2.49. The van der Waals surface area contributed by atoms with Gasteiger partial charge in [-0.25, -0.2) is 0 Å². The van der Waals surface area contributed by atoms with Crippen molar-refractivity contribution in [1.29, 1.82) is 0 Å². The standard InChI is InChI=1S/C17H25NO/c1-10-15(9-18-2)8-16(19-10)17-13-4-11-3-12(6-13)7-14(17)5-11/h8,11-14,17-18H,3-7,9H2,1-2H3. The summed E-state index contributed by atoms with van der Waals surface area (Å²) in [7, 11) is 2.01. The molecule has 104 valence electrons. The summed E-state index contributed by atoms with van der Waals surface area (Å²) in [5.74, 6) is 7.10. The van der Waals surface area contributed by atoms with Crippen molar-refractivity contribution in [1.82, 2.24) is 5.32 Å². The van der Waals surface area contributed by atoms with Crippen LogP contribution >= 0.6 is 0 Å². The number of nitrogens with one attached hydrogen (secondary N) is 1. The Labute approximate surface area is 116 Å². The molecule has 1 N–H and O–H groups in total. The lowest BCUT2D eigenvalue weighted by atomic mass is 9.51. The zero-order chi connectivity index (χ0) is 13.0. The van der Waals surface area contributed by atoms with Crippen molar-refractivity contribution in [3.63, 3.8) is 0 Å². The Bertz CT molecular complexity index is 448. The second kappa shape index (κ2) is 4.37. The van der Waals surface area contributed by atoms with Crippen LogP contribution in [-0.2, 0) is 6.54 Å². The predicted molar refractivity (Wildman–Crippen MR) is 76.0 cm³/mol. The molecule has 4 aliphatic rings. The van der Waals surface area contributed by atoms with Crippen molar-refractivity contribution in [2.75, 3.05) is 7.05 Å². The lowest BCUT2D eigenvalue weighted by Crippen LogP contribution is -2.43. The number of aryl methyl sites for hydroxylation is 1. The molecule has 0 atom stereocenters. The van der Waals surface area contributed by atoms with E-state index >= 15 is 0 Å². The van der Waals surface area contributed by atoms with Gasteiger partial charge in [-0.2, -0.15) is 0 Å². The van der Waals surface area contributed by atoms with Crippen molar-refractivity contribution in [2.24, 2.45) is 23.7 Å². The Hall–Kier alpha value is -0.760. The average Bonchev–Trinajstić information content (AvgIpc) is 2.70. The van der Waals surface area contributed by atoms with Crippen LogP contribution < -0.4 is 5.32 Å². The maximum Gasteiger partial charge on any atom is 0.108 e. The van der Waals surface area contributed by atoms with Crippen molar-refractivity contribution < 1.29 is 4.42 Å². The Morgan fingerprint density at radius 1 is 1.11 bits per heavy atom. The van der Waals surface area contributed by atoms with E-state index in [0.717, 1.165) is 41.9 Å². The molecular formula is C17H25NO. The van der Waals surface area contributed by atoms with Crippen LogP contribution in [0.5, 0.6) is 0 Å². The molecule has 1 aromatic heterocycles. The highest BCUT2D eigenvalue weighted by atomic mass is 16.3. The van der Waals surface area contributed by atoms with E-state index < -0.39 is 0 Å². The summed E-state index contributed by atoms with van der Waals surface area (Å²) >= 11 is 0. The van der Waals surface area contributed by atoms with Crippen LogP contribution in [0, 0.1) is 30.6 Å². The van der Waals surface area contributed by atoms with Crippen molar-refractivity contribution >= 4 is 0 Å². The Kier molecular flexibility index (Phi) is 2.77. The normalized spacial score (nSPS) is 40.0. The first-order valence-electron chi connectivity index (χ1n) is 7.98. The molecule has 1 heterocycles. The molecule has 0 amide bonds. The Balaban J connectivity index is 1.63. The maximum absolute atomic E-state index is 6.15. The first kappa shape index (κ1) is 12.0. The number of furan rings is 1. The monoisotopic (exact) mass is 259 g/mol. The van der Waals surface area contributed by atoms with Gasteiger partial charge in [-0.05, 0) is 75.8 Å². The van der Waals surface area contributed by atoms with Crippen molar-refractivity contribution in [2.45, 2.75) is 51.5 Å². The van der Waals surface area contributed by atoms with Crippen LogP contribution in [0.3, 0.4) is 0 Å². The Morgan fingerprint density at radius 2 is 1.74 bits per heavy atom. The fourth-order valence-corrected chi connectivity index (χ4v) is 5.47. The minimum Gasteiger partial charge on any atom is -0.466 e. The van der Waals surface area contributed by atoms with E-state index in [9.17, 15) is 0 Å². The summed E-state index contributed by atoms with van der Waals surface area (Å²) < 4.78 is 6.15. The topological polar surface area (TPSA) is 25.2 Å². The van der Waals surface area contributed by atoms with Gasteiger partial charge in [0.2, 0.25) is 0 Å². The molecular weight excluding hydrogens is 234 g/mol. The lowest BCUT2D eigenvalue weighted by molar-refractivity contribution is -0.00982. The number of rotatable bonds is 3. The van der Waals surface area contributed by atoms with Crippen LogP contribution in [0.1, 0.15) is 55.1 Å². The first-order chi connectivity index (χ1) is 9.24. The van der Waals surface area contributed by atoms with Crippen LogP contribution in [0.25, 0.3) is 0 Å². The quantitative estimate of drug-likeness (QED) is 0.892. The van der Waals surface area contributed by atoms with E-state index in [0.29, 0.717) is 0 Å². The molecule has 4 aliphatic carbocycles. The van der Waals surface area contributed by atoms with E-state index in [2.05, 4.69) is 18.3 Å². The van der Waals surface area contributed by atoms with Gasteiger partial charge in [-0.3, -0.25) is 0 Å². The molecule has 0 saturated heterocycles. The van der Waals surface area contributed by atoms with E-state index in [1.165, 1.54) is 43.4 Å². The summed E-state index contributed by atoms with van der Waals surface area (Å²) in [5, 5.41) is 3.25. The summed E-state index contributed by atoms with van der Waals surface area (Å²) in [4.78, 5) is 0. The molecule has 4 bridgehead atoms. The molecule has 0 aliphatic heterocycles. The minimum atomic E-state index is 0.733. The minimum absolute atomic E-state index is 0.733. The summed E-state index contributed by atoms with van der Waals surface area (Å²) in [5.41, 5.74) is 1.35. The number of hydrogen-bond acceptors (Lipinski definition) is 2. The van der Waals surface area contributed by atoms with Gasteiger partial charge in [-0.15, -0.1) is 0 Å². The number of hydrogen-bond donors (Lipinski definition) is 1. The molecule has 0 unspecified atom stereocenters. The zero-order valence-electron chi connectivity index (χ0n) is 12.1. The third kappa shape index (κ3) is 1.87. The zero-order valence-corrected chi connectivity index (χ0v) is 12.1.